The third-order valence-corrected chi connectivity index (χ3v) is 6.95. The molecule has 34 heavy (non-hydrogen) atoms. The molecule has 0 fully saturated rings. The van der Waals surface area contributed by atoms with Gasteiger partial charge in [-0.05, 0) is 58.4 Å². The van der Waals surface area contributed by atoms with Gasteiger partial charge in [-0.1, -0.05) is 47.5 Å². The second kappa shape index (κ2) is 11.0. The molecule has 10 heteroatoms. The third kappa shape index (κ3) is 7.35. The van der Waals surface area contributed by atoms with E-state index in [1.807, 2.05) is 20.8 Å². The molecule has 0 saturated heterocycles. The number of nitrogens with one attached hydrogen (secondary N) is 1. The summed E-state index contributed by atoms with van der Waals surface area (Å²) in [6, 6.07) is 10.9. The molecule has 0 aliphatic carbocycles. The van der Waals surface area contributed by atoms with Crippen LogP contribution in [0, 0.1) is 6.92 Å². The van der Waals surface area contributed by atoms with Crippen LogP contribution in [0.15, 0.2) is 42.5 Å². The number of rotatable bonds is 8. The first kappa shape index (κ1) is 28.0. The summed E-state index contributed by atoms with van der Waals surface area (Å²) in [5, 5.41) is 3.54. The summed E-state index contributed by atoms with van der Waals surface area (Å²) >= 11 is 12.7. The van der Waals surface area contributed by atoms with E-state index in [-0.39, 0.29) is 12.5 Å². The quantitative estimate of drug-likeness (QED) is 0.551. The Bertz CT molecular complexity index is 1140. The Morgan fingerprint density at radius 1 is 1.03 bits per heavy atom. The highest BCUT2D eigenvalue weighted by molar-refractivity contribution is 7.92. The van der Waals surface area contributed by atoms with Gasteiger partial charge in [-0.2, -0.15) is 0 Å². The fraction of sp³-hybridized carbons (Fsp3) is 0.417. The first-order chi connectivity index (χ1) is 15.6. The van der Waals surface area contributed by atoms with Crippen LogP contribution in [0.4, 0.5) is 5.69 Å². The molecule has 1 N–H and O–H groups in total. The first-order valence-electron chi connectivity index (χ1n) is 10.7. The lowest BCUT2D eigenvalue weighted by molar-refractivity contribution is -0.140. The van der Waals surface area contributed by atoms with Crippen LogP contribution >= 0.6 is 23.2 Å². The number of nitrogens with zero attached hydrogens (tertiary/aromatic N) is 2. The van der Waals surface area contributed by atoms with E-state index in [1.165, 1.54) is 4.90 Å². The van der Waals surface area contributed by atoms with E-state index in [2.05, 4.69) is 5.32 Å². The van der Waals surface area contributed by atoms with Crippen molar-refractivity contribution in [3.8, 4) is 0 Å². The van der Waals surface area contributed by atoms with Gasteiger partial charge in [0, 0.05) is 27.7 Å². The van der Waals surface area contributed by atoms with E-state index in [0.717, 1.165) is 10.6 Å². The normalized spacial score (nSPS) is 12.7. The predicted molar refractivity (Wildman–Crippen MR) is 138 cm³/mol. The fourth-order valence-corrected chi connectivity index (χ4v) is 4.77. The number of halogens is 2. The fourth-order valence-electron chi connectivity index (χ4n) is 3.35. The lowest BCUT2D eigenvalue weighted by Gasteiger charge is -2.33. The number of anilines is 1. The van der Waals surface area contributed by atoms with Crippen molar-refractivity contribution >= 4 is 50.7 Å². The second-order valence-corrected chi connectivity index (χ2v) is 11.9. The van der Waals surface area contributed by atoms with Gasteiger partial charge in [-0.25, -0.2) is 8.42 Å². The summed E-state index contributed by atoms with van der Waals surface area (Å²) in [5.74, 6) is -0.952. The molecular weight excluding hydrogens is 497 g/mol. The number of amides is 2. The van der Waals surface area contributed by atoms with E-state index < -0.39 is 34.1 Å². The number of hydrogen-bond acceptors (Lipinski definition) is 4. The number of carbonyl (C=O) groups excluding carboxylic acids is 2. The van der Waals surface area contributed by atoms with Crippen molar-refractivity contribution in [2.24, 2.45) is 0 Å². The highest BCUT2D eigenvalue weighted by Crippen LogP contribution is 2.28. The van der Waals surface area contributed by atoms with Crippen molar-refractivity contribution < 1.29 is 18.0 Å². The van der Waals surface area contributed by atoms with Gasteiger partial charge in [0.15, 0.2) is 0 Å². The molecule has 2 amide bonds. The molecule has 0 saturated carbocycles. The molecule has 0 aliphatic heterocycles. The van der Waals surface area contributed by atoms with Crippen LogP contribution in [0.3, 0.4) is 0 Å². The molecule has 0 radical (unpaired) electrons. The van der Waals surface area contributed by atoms with E-state index in [0.29, 0.717) is 26.9 Å². The monoisotopic (exact) mass is 527 g/mol. The Labute approximate surface area is 212 Å². The molecule has 0 bridgehead atoms. The summed E-state index contributed by atoms with van der Waals surface area (Å²) < 4.78 is 26.3. The van der Waals surface area contributed by atoms with E-state index in [9.17, 15) is 18.0 Å². The Morgan fingerprint density at radius 2 is 1.59 bits per heavy atom. The van der Waals surface area contributed by atoms with Crippen LogP contribution in [-0.4, -0.2) is 49.5 Å². The zero-order chi connectivity index (χ0) is 25.8. The zero-order valence-electron chi connectivity index (χ0n) is 20.2. The summed E-state index contributed by atoms with van der Waals surface area (Å²) in [5.41, 5.74) is 1.03. The van der Waals surface area contributed by atoms with E-state index >= 15 is 0 Å². The molecule has 2 aromatic rings. The van der Waals surface area contributed by atoms with Crippen molar-refractivity contribution in [1.29, 1.82) is 0 Å². The van der Waals surface area contributed by atoms with Crippen molar-refractivity contribution in [1.82, 2.24) is 10.2 Å². The lowest BCUT2D eigenvalue weighted by atomic mass is 10.1. The van der Waals surface area contributed by atoms with Gasteiger partial charge in [0.1, 0.15) is 12.6 Å². The van der Waals surface area contributed by atoms with Crippen LogP contribution in [0.25, 0.3) is 0 Å². The molecule has 7 nitrogen and oxygen atoms in total. The van der Waals surface area contributed by atoms with Crippen molar-refractivity contribution in [3.05, 3.63) is 63.6 Å². The van der Waals surface area contributed by atoms with Gasteiger partial charge in [-0.3, -0.25) is 13.9 Å². The SMILES string of the molecule is Cc1ccccc1N(CC(=O)N(Cc1c(Cl)cccc1Cl)[C@H](C)C(=O)NC(C)(C)C)S(C)(=O)=O. The zero-order valence-corrected chi connectivity index (χ0v) is 22.6. The van der Waals surface area contributed by atoms with Crippen LogP contribution in [0.1, 0.15) is 38.8 Å². The minimum atomic E-state index is -3.80. The Hall–Kier alpha value is -2.29. The molecule has 0 unspecified atom stereocenters. The molecule has 2 aromatic carbocycles. The van der Waals surface area contributed by atoms with Gasteiger partial charge in [0.05, 0.1) is 11.9 Å². The number of hydrogen-bond donors (Lipinski definition) is 1. The summed E-state index contributed by atoms with van der Waals surface area (Å²) in [6.07, 6.45) is 1.04. The molecule has 0 aliphatic rings. The Morgan fingerprint density at radius 3 is 2.09 bits per heavy atom. The standard InChI is InChI=1S/C24H31Cl2N3O4S/c1-16-10-7-8-13-21(16)29(34(6,32)33)15-22(30)28(17(2)23(31)27-24(3,4)5)14-18-19(25)11-9-12-20(18)26/h7-13,17H,14-15H2,1-6H3,(H,27,31)/t17-/m1/s1. The molecule has 0 aromatic heterocycles. The first-order valence-corrected chi connectivity index (χ1v) is 13.3. The van der Waals surface area contributed by atoms with Crippen molar-refractivity contribution in [2.75, 3.05) is 17.1 Å². The number of benzene rings is 2. The number of para-hydroxylation sites is 1. The number of carbonyl (C=O) groups is 2. The highest BCUT2D eigenvalue weighted by Gasteiger charge is 2.32. The molecule has 2 rings (SSSR count). The summed E-state index contributed by atoms with van der Waals surface area (Å²) in [6.45, 7) is 8.29. The van der Waals surface area contributed by atoms with Gasteiger partial charge < -0.3 is 10.2 Å². The van der Waals surface area contributed by atoms with Crippen LogP contribution < -0.4 is 9.62 Å². The Balaban J connectivity index is 2.48. The lowest BCUT2D eigenvalue weighted by Crippen LogP contribution is -2.54. The maximum absolute atomic E-state index is 13.6. The predicted octanol–water partition coefficient (Wildman–Crippen LogP) is 4.40. The summed E-state index contributed by atoms with van der Waals surface area (Å²) in [4.78, 5) is 27.8. The minimum absolute atomic E-state index is 0.0680. The van der Waals surface area contributed by atoms with Gasteiger partial charge in [0.25, 0.3) is 0 Å². The summed E-state index contributed by atoms with van der Waals surface area (Å²) in [7, 11) is -3.80. The molecular formula is C24H31Cl2N3O4S. The largest absolute Gasteiger partial charge is 0.350 e. The maximum Gasteiger partial charge on any atom is 0.244 e. The van der Waals surface area contributed by atoms with Gasteiger partial charge in [-0.15, -0.1) is 0 Å². The van der Waals surface area contributed by atoms with Crippen LogP contribution in [0.5, 0.6) is 0 Å². The van der Waals surface area contributed by atoms with E-state index in [1.54, 1.807) is 56.3 Å². The second-order valence-electron chi connectivity index (χ2n) is 9.19. The topological polar surface area (TPSA) is 86.8 Å². The van der Waals surface area contributed by atoms with Crippen molar-refractivity contribution in [2.45, 2.75) is 52.7 Å². The van der Waals surface area contributed by atoms with Crippen molar-refractivity contribution in [3.63, 3.8) is 0 Å². The molecule has 0 spiro atoms. The van der Waals surface area contributed by atoms with E-state index in [4.69, 9.17) is 23.2 Å². The third-order valence-electron chi connectivity index (χ3n) is 5.12. The average Bonchev–Trinajstić information content (AvgIpc) is 2.70. The minimum Gasteiger partial charge on any atom is -0.350 e. The van der Waals surface area contributed by atoms with Crippen LogP contribution in [-0.2, 0) is 26.2 Å². The smallest absolute Gasteiger partial charge is 0.244 e. The maximum atomic E-state index is 13.6. The molecule has 0 heterocycles. The van der Waals surface area contributed by atoms with Crippen LogP contribution in [0.2, 0.25) is 10.0 Å². The Kier molecular flexibility index (Phi) is 9.02. The van der Waals surface area contributed by atoms with Gasteiger partial charge >= 0.3 is 0 Å². The number of sulfonamides is 1. The highest BCUT2D eigenvalue weighted by atomic mass is 35.5. The molecule has 186 valence electrons. The number of aryl methyl sites for hydroxylation is 1. The van der Waals surface area contributed by atoms with Gasteiger partial charge in [0.2, 0.25) is 21.8 Å². The average molecular weight is 529 g/mol. The molecule has 1 atom stereocenters.